The van der Waals surface area contributed by atoms with Gasteiger partial charge in [-0.1, -0.05) is 92.7 Å². The van der Waals surface area contributed by atoms with Gasteiger partial charge in [0.2, 0.25) is 11.8 Å². The fourth-order valence-corrected chi connectivity index (χ4v) is 10.2. The smallest absolute Gasteiger partial charge is 0.296 e. The topological polar surface area (TPSA) is 306 Å². The van der Waals surface area contributed by atoms with E-state index in [-0.39, 0.29) is 126 Å². The van der Waals surface area contributed by atoms with E-state index in [0.29, 0.717) is 16.9 Å². The molecule has 25 heteroatoms. The zero-order valence-electron chi connectivity index (χ0n) is 49.2. The molecule has 88 heavy (non-hydrogen) atoms. The molecule has 7 amide bonds. The van der Waals surface area contributed by atoms with E-state index in [1.54, 1.807) is 54.6 Å². The lowest BCUT2D eigenvalue weighted by Gasteiger charge is -2.32. The van der Waals surface area contributed by atoms with Gasteiger partial charge in [0, 0.05) is 70.6 Å². The number of hydrogen-bond donors (Lipinski definition) is 5. The summed E-state index contributed by atoms with van der Waals surface area (Å²) < 4.78 is 14.0. The Morgan fingerprint density at radius 1 is 0.625 bits per heavy atom. The highest BCUT2D eigenvalue weighted by molar-refractivity contribution is 6.23. The first-order valence-corrected chi connectivity index (χ1v) is 29.2. The van der Waals surface area contributed by atoms with E-state index in [4.69, 9.17) is 19.1 Å². The summed E-state index contributed by atoms with van der Waals surface area (Å²) in [4.78, 5) is 169. The summed E-state index contributed by atoms with van der Waals surface area (Å²) >= 11 is 0. The molecule has 464 valence electrons. The third-order valence-corrected chi connectivity index (χ3v) is 15.0. The third kappa shape index (κ3) is 16.2. The maximum Gasteiger partial charge on any atom is 0.296 e. The number of ketones is 1. The highest BCUT2D eigenvalue weighted by atomic mass is 16.7. The summed E-state index contributed by atoms with van der Waals surface area (Å²) in [5.74, 6) is -6.78. The van der Waals surface area contributed by atoms with Crippen LogP contribution < -0.4 is 52.9 Å². The number of benzene rings is 2. The molecule has 10 rings (SSSR count). The van der Waals surface area contributed by atoms with Gasteiger partial charge in [-0.05, 0) is 73.6 Å². The molecule has 0 spiro atoms. The average Bonchev–Trinajstić information content (AvgIpc) is 3.05. The lowest BCUT2D eigenvalue weighted by molar-refractivity contribution is -0.127. The molecule has 0 saturated carbocycles. The Morgan fingerprint density at radius 2 is 1.24 bits per heavy atom. The van der Waals surface area contributed by atoms with Crippen LogP contribution in [0, 0.1) is 5.92 Å². The zero-order valence-corrected chi connectivity index (χ0v) is 49.2. The molecule has 2 aromatic carbocycles. The molecule has 25 nitrogen and oxygen atoms in total. The van der Waals surface area contributed by atoms with Crippen molar-refractivity contribution < 1.29 is 57.5 Å². The molecule has 1 saturated heterocycles. The van der Waals surface area contributed by atoms with Crippen molar-refractivity contribution in [3.8, 4) is 0 Å². The highest BCUT2D eigenvalue weighted by Gasteiger charge is 2.37. The van der Waals surface area contributed by atoms with Crippen LogP contribution in [-0.2, 0) is 48.9 Å². The van der Waals surface area contributed by atoms with E-state index >= 15 is 0 Å². The number of hydrogen-bond acceptors (Lipinski definition) is 15. The van der Waals surface area contributed by atoms with Gasteiger partial charge in [0.1, 0.15) is 41.9 Å². The van der Waals surface area contributed by atoms with Crippen molar-refractivity contribution in [3.63, 3.8) is 0 Å². The van der Waals surface area contributed by atoms with Gasteiger partial charge in [-0.3, -0.25) is 52.7 Å². The van der Waals surface area contributed by atoms with E-state index in [9.17, 15) is 52.7 Å². The fraction of sp³-hybridized carbons (Fsp3) is 0.381. The normalized spacial score (nSPS) is 19.2. The third-order valence-electron chi connectivity index (χ3n) is 15.0. The second kappa shape index (κ2) is 31.1. The second-order valence-electron chi connectivity index (χ2n) is 21.2. The molecule has 1 aliphatic carbocycles. The van der Waals surface area contributed by atoms with Crippen molar-refractivity contribution in [2.24, 2.45) is 13.0 Å². The predicted molar refractivity (Wildman–Crippen MR) is 320 cm³/mol. The SMILES string of the molecule is CCCOCCNC(=O)C1CCCN(C(=O)c2cccc(=O)n2OCc2ccccc2)CCCNC(=O)C2=CC=C(C(=O)N[C@@H]3COC[C@@H]3NC(=O)c3ccc(n(OCc4ccccc4)c3=O)C(=O)NCCCN1C(=O)c1cccc(=O)n1C)C(=O)C2C. The lowest BCUT2D eigenvalue weighted by Crippen LogP contribution is -2.52. The zero-order chi connectivity index (χ0) is 62.7. The number of pyridine rings is 3. The number of nitrogens with one attached hydrogen (secondary N) is 5. The number of carbonyl (C=O) groups excluding carboxylic acids is 8. The van der Waals surface area contributed by atoms with E-state index < -0.39 is 93.4 Å². The second-order valence-corrected chi connectivity index (χ2v) is 21.2. The Labute approximate surface area is 506 Å². The Morgan fingerprint density at radius 3 is 1.92 bits per heavy atom. The molecule has 4 bridgehead atoms. The van der Waals surface area contributed by atoms with E-state index in [2.05, 4.69) is 26.6 Å². The van der Waals surface area contributed by atoms with Gasteiger partial charge in [-0.25, -0.2) is 0 Å². The number of allylic oxidation sites excluding steroid dienone is 2. The van der Waals surface area contributed by atoms with Crippen molar-refractivity contribution in [3.05, 3.63) is 197 Å². The van der Waals surface area contributed by atoms with Crippen LogP contribution in [0.3, 0.4) is 0 Å². The van der Waals surface area contributed by atoms with Gasteiger partial charge in [0.15, 0.2) is 5.78 Å². The minimum absolute atomic E-state index is 0.00435. The van der Waals surface area contributed by atoms with E-state index in [1.807, 2.05) is 13.0 Å². The van der Waals surface area contributed by atoms with E-state index in [0.717, 1.165) is 27.3 Å². The molecule has 1 fully saturated rings. The first kappa shape index (κ1) is 64.3. The Hall–Kier alpha value is -9.75. The molecule has 5 aliphatic rings. The predicted octanol–water partition coefficient (Wildman–Crippen LogP) is 1.27. The minimum atomic E-state index is -1.28. The number of ether oxygens (including phenoxy) is 2. The Balaban J connectivity index is 1.15. The van der Waals surface area contributed by atoms with Crippen molar-refractivity contribution >= 4 is 47.1 Å². The largest absolute Gasteiger partial charge is 0.405 e. The number of amides is 7. The first-order chi connectivity index (χ1) is 42.6. The van der Waals surface area contributed by atoms with Crippen molar-refractivity contribution in [2.45, 2.75) is 77.3 Å². The van der Waals surface area contributed by atoms with Gasteiger partial charge < -0.3 is 60.1 Å². The van der Waals surface area contributed by atoms with Crippen molar-refractivity contribution in [1.82, 2.24) is 50.4 Å². The molecule has 2 unspecified atom stereocenters. The molecule has 7 heterocycles. The summed E-state index contributed by atoms with van der Waals surface area (Å²) in [6, 6.07) is 25.3. The van der Waals surface area contributed by atoms with Gasteiger partial charge in [0.05, 0.1) is 43.4 Å². The quantitative estimate of drug-likeness (QED) is 0.0773. The summed E-state index contributed by atoms with van der Waals surface area (Å²) in [6.45, 7) is 3.15. The van der Waals surface area contributed by atoms with Gasteiger partial charge in [-0.15, -0.1) is 9.46 Å². The fourth-order valence-electron chi connectivity index (χ4n) is 10.2. The van der Waals surface area contributed by atoms with Crippen LogP contribution in [0.5, 0.6) is 0 Å². The van der Waals surface area contributed by atoms with Crippen LogP contribution in [0.1, 0.15) is 98.9 Å². The number of carbonyl (C=O) groups is 8. The summed E-state index contributed by atoms with van der Waals surface area (Å²) in [7, 11) is 1.41. The molecule has 0 radical (unpaired) electrons. The molecule has 3 aromatic heterocycles. The van der Waals surface area contributed by atoms with Crippen LogP contribution in [0.15, 0.2) is 147 Å². The van der Waals surface area contributed by atoms with Crippen molar-refractivity contribution in [2.75, 3.05) is 65.7 Å². The summed E-state index contributed by atoms with van der Waals surface area (Å²) in [5.41, 5.74) is -1.91. The van der Waals surface area contributed by atoms with Gasteiger partial charge in [-0.2, -0.15) is 0 Å². The minimum Gasteiger partial charge on any atom is -0.405 e. The molecule has 4 aliphatic heterocycles. The average molecular weight is 1210 g/mol. The maximum atomic E-state index is 14.9. The molecular formula is C63H72N10O15. The molecule has 5 N–H and O–H groups in total. The van der Waals surface area contributed by atoms with Gasteiger partial charge in [0.25, 0.3) is 46.2 Å². The van der Waals surface area contributed by atoms with Crippen LogP contribution in [0.4, 0.5) is 0 Å². The molecule has 5 aromatic rings. The lowest BCUT2D eigenvalue weighted by atomic mass is 9.86. The standard InChI is InChI=1S/C63H72N10O15/c1-4-35-85-36-31-66-59(80)49-22-13-32-70(62(83)52-21-12-24-54(75)72(52)87-37-42-16-7-5-8-17-42)33-14-29-64-56(77)44-25-26-45(55(76)41(44)2)57(78)67-47-39-86-40-48(47)68-58(79)46-27-28-50(73(61(46)82)88-38-43-18-9-6-10-19-43)60(81)65-30-15-34-71(49)63(84)51-20-11-23-53(74)69(51)3/h5-12,16-21,23-28,41,47-49H,4,13-15,22,29-40H2,1-3H3,(H,64,77)(H,65,81)(H,66,80)(H,67,78)(H,68,79)/t41?,47-,48+,49?/m1/s1. The van der Waals surface area contributed by atoms with E-state index in [1.165, 1.54) is 78.4 Å². The summed E-state index contributed by atoms with van der Waals surface area (Å²) in [6.07, 6.45) is 3.43. The molecular weight excluding hydrogens is 1140 g/mol. The van der Waals surface area contributed by atoms with Crippen LogP contribution in [0.2, 0.25) is 0 Å². The molecule has 4 atom stereocenters. The maximum absolute atomic E-state index is 14.9. The Bertz CT molecular complexity index is 3620. The van der Waals surface area contributed by atoms with Crippen LogP contribution >= 0.6 is 0 Å². The number of rotatable bonds is 14. The Kier molecular flexibility index (Phi) is 22.7. The summed E-state index contributed by atoms with van der Waals surface area (Å²) in [5, 5.41) is 13.9. The monoisotopic (exact) mass is 1210 g/mol. The van der Waals surface area contributed by atoms with Crippen LogP contribution in [-0.4, -0.2) is 155 Å². The number of aromatic nitrogens is 3. The highest BCUT2D eigenvalue weighted by Crippen LogP contribution is 2.23. The van der Waals surface area contributed by atoms with Crippen molar-refractivity contribution in [1.29, 1.82) is 0 Å². The van der Waals surface area contributed by atoms with Crippen LogP contribution in [0.25, 0.3) is 0 Å². The first-order valence-electron chi connectivity index (χ1n) is 29.2. The number of nitrogens with zero attached hydrogens (tertiary/aromatic N) is 5. The number of fused-ring (bicyclic) bond motifs is 2. The van der Waals surface area contributed by atoms with Gasteiger partial charge >= 0.3 is 0 Å². The number of Topliss-reactive ketones (excluding diaryl/α,β-unsaturated/α-hetero) is 1.